The monoisotopic (exact) mass is 272 g/mol. The second-order valence-electron chi connectivity index (χ2n) is 5.57. The van der Waals surface area contributed by atoms with Gasteiger partial charge in [0.05, 0.1) is 0 Å². The first kappa shape index (κ1) is 17.6. The molecule has 0 rings (SSSR count). The number of hydrogen-bond donors (Lipinski definition) is 1. The molecule has 2 atom stereocenters. The van der Waals surface area contributed by atoms with Gasteiger partial charge in [0.15, 0.2) is 0 Å². The molecule has 0 saturated carbocycles. The highest BCUT2D eigenvalue weighted by Crippen LogP contribution is 2.20. The van der Waals surface area contributed by atoms with E-state index in [1.807, 2.05) is 50.5 Å². The lowest BCUT2D eigenvalue weighted by molar-refractivity contribution is 0.250. The predicted molar refractivity (Wildman–Crippen MR) is 81.6 cm³/mol. The molecular formula is C14H28N2OS. The van der Waals surface area contributed by atoms with Crippen LogP contribution in [0.3, 0.4) is 0 Å². The fourth-order valence-corrected chi connectivity index (χ4v) is 2.63. The summed E-state index contributed by atoms with van der Waals surface area (Å²) in [5.74, 6) is 0. The Bertz CT molecular complexity index is 329. The van der Waals surface area contributed by atoms with Crippen molar-refractivity contribution in [1.82, 2.24) is 9.62 Å². The van der Waals surface area contributed by atoms with E-state index in [-0.39, 0.29) is 5.41 Å². The molecule has 0 bridgehead atoms. The summed E-state index contributed by atoms with van der Waals surface area (Å²) >= 11 is 0. The molecule has 4 heteroatoms. The smallest absolute Gasteiger partial charge is 0.122 e. The summed E-state index contributed by atoms with van der Waals surface area (Å²) in [6.45, 7) is 11.2. The van der Waals surface area contributed by atoms with Gasteiger partial charge in [-0.15, -0.1) is 0 Å². The summed E-state index contributed by atoms with van der Waals surface area (Å²) in [5.41, 5.74) is 0.147. The van der Waals surface area contributed by atoms with Crippen molar-refractivity contribution in [2.24, 2.45) is 5.41 Å². The molecule has 106 valence electrons. The van der Waals surface area contributed by atoms with E-state index >= 15 is 0 Å². The van der Waals surface area contributed by atoms with Crippen molar-refractivity contribution in [1.29, 1.82) is 0 Å². The summed E-state index contributed by atoms with van der Waals surface area (Å²) in [6, 6.07) is 0.306. The Hall–Kier alpha value is -0.450. The van der Waals surface area contributed by atoms with E-state index in [1.54, 1.807) is 0 Å². The van der Waals surface area contributed by atoms with Crippen LogP contribution in [0.5, 0.6) is 0 Å². The Kier molecular flexibility index (Phi) is 7.67. The van der Waals surface area contributed by atoms with Gasteiger partial charge in [-0.25, -0.2) is 8.51 Å². The first-order valence-electron chi connectivity index (χ1n) is 6.34. The molecule has 0 radical (unpaired) electrons. The minimum Gasteiger partial charge on any atom is -0.315 e. The molecule has 3 nitrogen and oxygen atoms in total. The van der Waals surface area contributed by atoms with E-state index in [9.17, 15) is 4.21 Å². The van der Waals surface area contributed by atoms with Gasteiger partial charge in [0.1, 0.15) is 11.0 Å². The van der Waals surface area contributed by atoms with Gasteiger partial charge in [0.2, 0.25) is 0 Å². The minimum atomic E-state index is -1.06. The van der Waals surface area contributed by atoms with E-state index < -0.39 is 11.0 Å². The summed E-state index contributed by atoms with van der Waals surface area (Å²) in [4.78, 5) is 0.874. The lowest BCUT2D eigenvalue weighted by Crippen LogP contribution is -2.46. The van der Waals surface area contributed by atoms with E-state index in [4.69, 9.17) is 0 Å². The molecule has 0 fully saturated rings. The Morgan fingerprint density at radius 1 is 1.44 bits per heavy atom. The summed E-state index contributed by atoms with van der Waals surface area (Å²) in [5, 5.41) is 3.30. The molecule has 0 amide bonds. The number of allylic oxidation sites excluding steroid dienone is 4. The number of likely N-dealkylation sites (N-methyl/N-ethyl adjacent to an activating group) is 2. The maximum atomic E-state index is 12.2. The molecule has 1 N–H and O–H groups in total. The van der Waals surface area contributed by atoms with Crippen molar-refractivity contribution in [3.63, 3.8) is 0 Å². The van der Waals surface area contributed by atoms with Crippen LogP contribution in [0.4, 0.5) is 0 Å². The fraction of sp³-hybridized carbons (Fsp3) is 0.714. The number of hydrogen-bond acceptors (Lipinski definition) is 2. The van der Waals surface area contributed by atoms with Crippen LogP contribution < -0.4 is 5.32 Å². The van der Waals surface area contributed by atoms with Crippen molar-refractivity contribution in [3.05, 3.63) is 23.1 Å². The first-order valence-corrected chi connectivity index (χ1v) is 7.44. The molecule has 0 aromatic rings. The highest BCUT2D eigenvalue weighted by atomic mass is 32.2. The van der Waals surface area contributed by atoms with Gasteiger partial charge in [-0.2, -0.15) is 0 Å². The Labute approximate surface area is 115 Å². The number of nitrogens with zero attached hydrogens (tertiary/aromatic N) is 1. The fourth-order valence-electron chi connectivity index (χ4n) is 1.66. The molecule has 0 aliphatic heterocycles. The van der Waals surface area contributed by atoms with E-state index in [2.05, 4.69) is 26.1 Å². The first-order chi connectivity index (χ1) is 8.23. The summed E-state index contributed by atoms with van der Waals surface area (Å²) < 4.78 is 14.1. The van der Waals surface area contributed by atoms with Crippen LogP contribution in [0.2, 0.25) is 0 Å². The van der Waals surface area contributed by atoms with Gasteiger partial charge in [0.25, 0.3) is 0 Å². The zero-order valence-electron chi connectivity index (χ0n) is 12.8. The Balaban J connectivity index is 4.66. The Morgan fingerprint density at radius 3 is 2.39 bits per heavy atom. The van der Waals surface area contributed by atoms with Crippen molar-refractivity contribution in [2.75, 3.05) is 20.6 Å². The number of rotatable bonds is 6. The molecule has 18 heavy (non-hydrogen) atoms. The van der Waals surface area contributed by atoms with Crippen LogP contribution in [0.1, 0.15) is 34.6 Å². The molecule has 0 aliphatic carbocycles. The van der Waals surface area contributed by atoms with Crippen molar-refractivity contribution in [2.45, 2.75) is 40.7 Å². The molecule has 0 aromatic carbocycles. The highest BCUT2D eigenvalue weighted by Gasteiger charge is 2.25. The van der Waals surface area contributed by atoms with Crippen molar-refractivity contribution >= 4 is 11.0 Å². The standard InChI is InChI=1S/C14H28N2OS/c1-8-9-10-12(2)18(17)16(7)11-13(15-6)14(3,4)5/h8-10,13,15H,11H2,1-7H3/b9-8-,12-10+. The largest absolute Gasteiger partial charge is 0.315 e. The van der Waals surface area contributed by atoms with Gasteiger partial charge in [0, 0.05) is 24.5 Å². The predicted octanol–water partition coefficient (Wildman–Crippen LogP) is 2.70. The van der Waals surface area contributed by atoms with Gasteiger partial charge in [-0.1, -0.05) is 32.9 Å². The van der Waals surface area contributed by atoms with Gasteiger partial charge in [-0.05, 0) is 32.4 Å². The second kappa shape index (κ2) is 7.87. The quantitative estimate of drug-likeness (QED) is 0.754. The average molecular weight is 272 g/mol. The second-order valence-corrected chi connectivity index (χ2v) is 7.34. The van der Waals surface area contributed by atoms with E-state index in [0.717, 1.165) is 11.4 Å². The van der Waals surface area contributed by atoms with Crippen LogP contribution in [0.15, 0.2) is 23.1 Å². The molecule has 0 heterocycles. The Morgan fingerprint density at radius 2 is 2.00 bits per heavy atom. The highest BCUT2D eigenvalue weighted by molar-refractivity contribution is 7.86. The third-order valence-corrected chi connectivity index (χ3v) is 4.32. The maximum absolute atomic E-state index is 12.2. The third kappa shape index (κ3) is 5.94. The zero-order valence-corrected chi connectivity index (χ0v) is 13.6. The zero-order chi connectivity index (χ0) is 14.3. The van der Waals surface area contributed by atoms with Crippen molar-refractivity contribution < 1.29 is 4.21 Å². The van der Waals surface area contributed by atoms with Crippen LogP contribution in [-0.2, 0) is 11.0 Å². The lowest BCUT2D eigenvalue weighted by atomic mass is 9.87. The molecule has 0 aliphatic rings. The van der Waals surface area contributed by atoms with Gasteiger partial charge < -0.3 is 5.32 Å². The minimum absolute atomic E-state index is 0.147. The lowest BCUT2D eigenvalue weighted by Gasteiger charge is -2.33. The van der Waals surface area contributed by atoms with Crippen LogP contribution in [0.25, 0.3) is 0 Å². The summed E-state index contributed by atoms with van der Waals surface area (Å²) in [7, 11) is 2.79. The van der Waals surface area contributed by atoms with Gasteiger partial charge >= 0.3 is 0 Å². The van der Waals surface area contributed by atoms with Crippen LogP contribution in [-0.4, -0.2) is 35.2 Å². The number of nitrogens with one attached hydrogen (secondary N) is 1. The molecule has 0 spiro atoms. The summed E-state index contributed by atoms with van der Waals surface area (Å²) in [6.07, 6.45) is 5.75. The van der Waals surface area contributed by atoms with Crippen LogP contribution >= 0.6 is 0 Å². The van der Waals surface area contributed by atoms with Crippen molar-refractivity contribution in [3.8, 4) is 0 Å². The average Bonchev–Trinajstić information content (AvgIpc) is 2.29. The van der Waals surface area contributed by atoms with E-state index in [0.29, 0.717) is 6.04 Å². The van der Waals surface area contributed by atoms with Gasteiger partial charge in [-0.3, -0.25) is 0 Å². The molecular weight excluding hydrogens is 244 g/mol. The SMILES string of the molecule is C/C=C\C=C(/C)S(=O)N(C)CC(NC)C(C)(C)C. The van der Waals surface area contributed by atoms with Crippen LogP contribution in [0, 0.1) is 5.41 Å². The van der Waals surface area contributed by atoms with E-state index in [1.165, 1.54) is 0 Å². The molecule has 0 aromatic heterocycles. The molecule has 0 saturated heterocycles. The maximum Gasteiger partial charge on any atom is 0.122 e. The normalized spacial score (nSPS) is 17.4. The topological polar surface area (TPSA) is 32.3 Å². The molecule has 2 unspecified atom stereocenters. The third-order valence-electron chi connectivity index (χ3n) is 2.92.